The number of nitrogens with zero attached hydrogens (tertiary/aromatic N) is 3. The van der Waals surface area contributed by atoms with Crippen molar-refractivity contribution in [2.75, 3.05) is 24.6 Å². The van der Waals surface area contributed by atoms with Gasteiger partial charge in [-0.05, 0) is 54.0 Å². The molecule has 0 aliphatic carbocycles. The summed E-state index contributed by atoms with van der Waals surface area (Å²) >= 11 is 0. The van der Waals surface area contributed by atoms with Crippen molar-refractivity contribution in [1.29, 1.82) is 0 Å². The van der Waals surface area contributed by atoms with Crippen LogP contribution in [0.3, 0.4) is 0 Å². The first-order chi connectivity index (χ1) is 15.6. The van der Waals surface area contributed by atoms with Crippen LogP contribution in [0.25, 0.3) is 11.1 Å². The number of ether oxygens (including phenoxy) is 1. The highest BCUT2D eigenvalue weighted by molar-refractivity contribution is 5.77. The normalized spacial score (nSPS) is 14.4. The maximum Gasteiger partial charge on any atom is 0.225 e. The largest absolute Gasteiger partial charge is 0.487 e. The van der Waals surface area contributed by atoms with Crippen LogP contribution in [-0.4, -0.2) is 36.0 Å². The van der Waals surface area contributed by atoms with Crippen LogP contribution in [0.5, 0.6) is 5.75 Å². The van der Waals surface area contributed by atoms with Crippen molar-refractivity contribution >= 4 is 12.2 Å². The Morgan fingerprint density at radius 3 is 2.22 bits per heavy atom. The van der Waals surface area contributed by atoms with Crippen LogP contribution in [0.4, 0.5) is 14.7 Å². The third-order valence-corrected chi connectivity index (χ3v) is 5.84. The van der Waals surface area contributed by atoms with Crippen LogP contribution in [-0.2, 0) is 6.42 Å². The van der Waals surface area contributed by atoms with E-state index in [4.69, 9.17) is 4.74 Å². The van der Waals surface area contributed by atoms with E-state index in [9.17, 15) is 13.6 Å². The lowest BCUT2D eigenvalue weighted by molar-refractivity contribution is 0.112. The fourth-order valence-electron chi connectivity index (χ4n) is 3.81. The lowest BCUT2D eigenvalue weighted by atomic mass is 9.98. The SMILES string of the molecule is CCc1cnc(N2CCC(COc3c(F)cc(-c4ccc(C=O)cc4)cc3F)CC2)nc1. The van der Waals surface area contributed by atoms with Gasteiger partial charge >= 0.3 is 0 Å². The van der Waals surface area contributed by atoms with Gasteiger partial charge in [0.15, 0.2) is 17.4 Å². The Kier molecular flexibility index (Phi) is 6.73. The van der Waals surface area contributed by atoms with Gasteiger partial charge in [-0.25, -0.2) is 18.7 Å². The van der Waals surface area contributed by atoms with Gasteiger partial charge in [0.1, 0.15) is 6.29 Å². The van der Waals surface area contributed by atoms with E-state index >= 15 is 0 Å². The molecule has 0 spiro atoms. The van der Waals surface area contributed by atoms with Crippen LogP contribution in [0.1, 0.15) is 35.7 Å². The monoisotopic (exact) mass is 437 g/mol. The van der Waals surface area contributed by atoms with E-state index in [1.54, 1.807) is 24.3 Å². The molecule has 7 heteroatoms. The average Bonchev–Trinajstić information content (AvgIpc) is 2.84. The number of aromatic nitrogens is 2. The number of rotatable bonds is 7. The number of hydrogen-bond acceptors (Lipinski definition) is 5. The molecule has 32 heavy (non-hydrogen) atoms. The van der Waals surface area contributed by atoms with Crippen molar-refractivity contribution in [3.05, 3.63) is 71.6 Å². The fourth-order valence-corrected chi connectivity index (χ4v) is 3.81. The predicted octanol–water partition coefficient (Wildman–Crippen LogP) is 5.09. The first-order valence-electron chi connectivity index (χ1n) is 10.8. The predicted molar refractivity (Wildman–Crippen MR) is 119 cm³/mol. The van der Waals surface area contributed by atoms with Gasteiger partial charge in [-0.2, -0.15) is 0 Å². The zero-order valence-corrected chi connectivity index (χ0v) is 17.9. The van der Waals surface area contributed by atoms with Crippen LogP contribution < -0.4 is 9.64 Å². The van der Waals surface area contributed by atoms with Crippen LogP contribution in [0.15, 0.2) is 48.8 Å². The van der Waals surface area contributed by atoms with Crippen LogP contribution >= 0.6 is 0 Å². The van der Waals surface area contributed by atoms with Gasteiger partial charge in [-0.15, -0.1) is 0 Å². The van der Waals surface area contributed by atoms with E-state index in [0.717, 1.165) is 50.1 Å². The zero-order chi connectivity index (χ0) is 22.5. The highest BCUT2D eigenvalue weighted by atomic mass is 19.1. The van der Waals surface area contributed by atoms with Gasteiger partial charge in [0.25, 0.3) is 0 Å². The summed E-state index contributed by atoms with van der Waals surface area (Å²) in [6.07, 6.45) is 7.00. The minimum Gasteiger partial charge on any atom is -0.487 e. The van der Waals surface area contributed by atoms with Crippen molar-refractivity contribution in [2.24, 2.45) is 5.92 Å². The summed E-state index contributed by atoms with van der Waals surface area (Å²) in [7, 11) is 0. The third kappa shape index (κ3) is 4.93. The smallest absolute Gasteiger partial charge is 0.225 e. The summed E-state index contributed by atoms with van der Waals surface area (Å²) in [5.41, 5.74) is 2.63. The molecule has 1 aromatic heterocycles. The topological polar surface area (TPSA) is 55.3 Å². The average molecular weight is 437 g/mol. The van der Waals surface area contributed by atoms with Gasteiger partial charge in [-0.3, -0.25) is 4.79 Å². The van der Waals surface area contributed by atoms with Gasteiger partial charge in [0, 0.05) is 31.0 Å². The molecular weight excluding hydrogens is 412 g/mol. The first kappa shape index (κ1) is 21.9. The fraction of sp³-hybridized carbons (Fsp3) is 0.320. The first-order valence-corrected chi connectivity index (χ1v) is 10.8. The molecule has 166 valence electrons. The lowest BCUT2D eigenvalue weighted by Crippen LogP contribution is -2.36. The zero-order valence-electron chi connectivity index (χ0n) is 17.9. The number of carbonyl (C=O) groups is 1. The molecule has 1 aliphatic rings. The van der Waals surface area contributed by atoms with E-state index in [1.807, 2.05) is 12.4 Å². The summed E-state index contributed by atoms with van der Waals surface area (Å²) in [6, 6.07) is 9.05. The molecule has 4 rings (SSSR count). The number of aryl methyl sites for hydroxylation is 1. The molecule has 2 aromatic carbocycles. The quantitative estimate of drug-likeness (QED) is 0.482. The highest BCUT2D eigenvalue weighted by Gasteiger charge is 2.23. The summed E-state index contributed by atoms with van der Waals surface area (Å²) in [4.78, 5) is 21.8. The van der Waals surface area contributed by atoms with E-state index < -0.39 is 11.6 Å². The van der Waals surface area contributed by atoms with Crippen molar-refractivity contribution in [2.45, 2.75) is 26.2 Å². The standard InChI is InChI=1S/C25H25F2N3O2/c1-2-17-13-28-25(29-14-17)30-9-7-19(8-10-30)16-32-24-22(26)11-21(12-23(24)27)20-5-3-18(15-31)4-6-20/h3-6,11-15,19H,2,7-10,16H2,1H3. The highest BCUT2D eigenvalue weighted by Crippen LogP contribution is 2.30. The van der Waals surface area contributed by atoms with E-state index in [0.29, 0.717) is 16.7 Å². The molecule has 2 heterocycles. The molecule has 0 amide bonds. The van der Waals surface area contributed by atoms with E-state index in [-0.39, 0.29) is 18.3 Å². The summed E-state index contributed by atoms with van der Waals surface area (Å²) in [6.45, 7) is 3.88. The third-order valence-electron chi connectivity index (χ3n) is 5.84. The molecule has 1 fully saturated rings. The molecule has 1 aliphatic heterocycles. The van der Waals surface area contributed by atoms with Gasteiger partial charge in [0.2, 0.25) is 5.95 Å². The number of benzene rings is 2. The molecule has 0 unspecified atom stereocenters. The minimum absolute atomic E-state index is 0.204. The second-order valence-electron chi connectivity index (χ2n) is 8.00. The van der Waals surface area contributed by atoms with Gasteiger partial charge in [0.05, 0.1) is 6.61 Å². The van der Waals surface area contributed by atoms with E-state index in [1.165, 1.54) is 12.1 Å². The number of anilines is 1. The Bertz CT molecular complexity index is 1040. The number of halogens is 2. The molecule has 0 N–H and O–H groups in total. The van der Waals surface area contributed by atoms with Crippen molar-refractivity contribution in [3.63, 3.8) is 0 Å². The molecule has 0 bridgehead atoms. The maximum absolute atomic E-state index is 14.6. The maximum atomic E-state index is 14.6. The minimum atomic E-state index is -0.735. The van der Waals surface area contributed by atoms with E-state index in [2.05, 4.69) is 21.8 Å². The Labute approximate surface area is 186 Å². The Morgan fingerprint density at radius 2 is 1.66 bits per heavy atom. The Balaban J connectivity index is 1.35. The molecule has 1 saturated heterocycles. The van der Waals surface area contributed by atoms with Crippen molar-refractivity contribution in [3.8, 4) is 16.9 Å². The number of aldehydes is 1. The summed E-state index contributed by atoms with van der Waals surface area (Å²) in [5.74, 6) is -0.896. The number of piperidine rings is 1. The molecule has 0 atom stereocenters. The molecule has 3 aromatic rings. The molecule has 0 saturated carbocycles. The Hall–Kier alpha value is -3.35. The Morgan fingerprint density at radius 1 is 1.03 bits per heavy atom. The summed E-state index contributed by atoms with van der Waals surface area (Å²) in [5, 5.41) is 0. The number of carbonyl (C=O) groups excluding carboxylic acids is 1. The molecule has 0 radical (unpaired) electrons. The van der Waals surface area contributed by atoms with Crippen molar-refractivity contribution < 1.29 is 18.3 Å². The second kappa shape index (κ2) is 9.85. The second-order valence-corrected chi connectivity index (χ2v) is 8.00. The van der Waals surface area contributed by atoms with Crippen LogP contribution in [0, 0.1) is 17.6 Å². The van der Waals surface area contributed by atoms with Crippen LogP contribution in [0.2, 0.25) is 0 Å². The van der Waals surface area contributed by atoms with Gasteiger partial charge in [-0.1, -0.05) is 31.2 Å². The van der Waals surface area contributed by atoms with Crippen molar-refractivity contribution in [1.82, 2.24) is 9.97 Å². The number of hydrogen-bond donors (Lipinski definition) is 0. The summed E-state index contributed by atoms with van der Waals surface area (Å²) < 4.78 is 34.8. The molecular formula is C25H25F2N3O2. The lowest BCUT2D eigenvalue weighted by Gasteiger charge is -2.31. The molecule has 5 nitrogen and oxygen atoms in total. The van der Waals surface area contributed by atoms with Gasteiger partial charge < -0.3 is 9.64 Å².